The zero-order valence-corrected chi connectivity index (χ0v) is 16.4. The Balaban J connectivity index is 1.96. The molecule has 0 radical (unpaired) electrons. The number of benzene rings is 2. The fourth-order valence-corrected chi connectivity index (χ4v) is 2.93. The molecule has 0 heterocycles. The van der Waals surface area contributed by atoms with Gasteiger partial charge in [-0.2, -0.15) is 0 Å². The van der Waals surface area contributed by atoms with Gasteiger partial charge in [0.2, 0.25) is 0 Å². The van der Waals surface area contributed by atoms with Crippen LogP contribution in [0.2, 0.25) is 0 Å². The van der Waals surface area contributed by atoms with Crippen molar-refractivity contribution >= 4 is 0 Å². The minimum absolute atomic E-state index is 0.627. The molecule has 26 heavy (non-hydrogen) atoms. The molecular weight excluding hydrogens is 330 g/mol. The first-order valence-electron chi connectivity index (χ1n) is 8.93. The monoisotopic (exact) mass is 360 g/mol. The second kappa shape index (κ2) is 9.92. The maximum atomic E-state index is 5.67. The number of hydrogen-bond acceptors (Lipinski definition) is 4. The van der Waals surface area contributed by atoms with Gasteiger partial charge in [0.05, 0.1) is 41.5 Å². The zero-order chi connectivity index (χ0) is 18.9. The topological polar surface area (TPSA) is 41.4 Å². The van der Waals surface area contributed by atoms with E-state index in [1.807, 2.05) is 25.1 Å². The van der Waals surface area contributed by atoms with Crippen molar-refractivity contribution in [2.24, 2.45) is 0 Å². The average molecular weight is 360 g/mol. The number of likely N-dealkylation sites (N-methyl/N-ethyl adjacent to an activating group) is 1. The highest BCUT2D eigenvalue weighted by Gasteiger charge is 2.10. The van der Waals surface area contributed by atoms with Crippen LogP contribution in [0.1, 0.15) is 18.1 Å². The molecule has 1 atom stereocenters. The smallest absolute Gasteiger partial charge is 0.161 e. The van der Waals surface area contributed by atoms with Crippen molar-refractivity contribution in [3.8, 4) is 23.0 Å². The highest BCUT2D eigenvalue weighted by molar-refractivity contribution is 5.43. The lowest BCUT2D eigenvalue weighted by atomic mass is 10.1. The Morgan fingerprint density at radius 3 is 1.96 bits per heavy atom. The third-order valence-electron chi connectivity index (χ3n) is 4.32. The summed E-state index contributed by atoms with van der Waals surface area (Å²) in [6, 6.07) is 12.2. The lowest BCUT2D eigenvalue weighted by Gasteiger charge is -2.16. The molecule has 0 bridgehead atoms. The quantitative estimate of drug-likeness (QED) is 0.706. The lowest BCUT2D eigenvalue weighted by Crippen LogP contribution is -3.07. The number of methoxy groups -OCH3 is 3. The Hall–Kier alpha value is -2.40. The zero-order valence-electron chi connectivity index (χ0n) is 16.4. The number of hydrogen-bond donors (Lipinski definition) is 1. The molecule has 0 saturated carbocycles. The summed E-state index contributed by atoms with van der Waals surface area (Å²) >= 11 is 0. The third-order valence-corrected chi connectivity index (χ3v) is 4.32. The first-order chi connectivity index (χ1) is 12.6. The van der Waals surface area contributed by atoms with E-state index in [9.17, 15) is 0 Å². The maximum absolute atomic E-state index is 5.67. The number of rotatable bonds is 10. The molecule has 0 aliphatic rings. The summed E-state index contributed by atoms with van der Waals surface area (Å²) in [5.74, 6) is 3.12. The van der Waals surface area contributed by atoms with Gasteiger partial charge in [-0.25, -0.2) is 0 Å². The van der Waals surface area contributed by atoms with E-state index in [2.05, 4.69) is 25.2 Å². The van der Waals surface area contributed by atoms with Crippen molar-refractivity contribution in [1.82, 2.24) is 0 Å². The van der Waals surface area contributed by atoms with E-state index in [0.717, 1.165) is 42.5 Å². The molecule has 1 unspecified atom stereocenters. The predicted molar refractivity (Wildman–Crippen MR) is 103 cm³/mol. The summed E-state index contributed by atoms with van der Waals surface area (Å²) < 4.78 is 21.7. The first-order valence-corrected chi connectivity index (χ1v) is 8.93. The van der Waals surface area contributed by atoms with Crippen LogP contribution in [0, 0.1) is 0 Å². The van der Waals surface area contributed by atoms with Gasteiger partial charge < -0.3 is 23.8 Å². The summed E-state index contributed by atoms with van der Waals surface area (Å²) in [4.78, 5) is 1.42. The van der Waals surface area contributed by atoms with Gasteiger partial charge in [0.15, 0.2) is 23.0 Å². The fraction of sp³-hybridized carbons (Fsp3) is 0.429. The molecule has 142 valence electrons. The minimum Gasteiger partial charge on any atom is -0.493 e. The van der Waals surface area contributed by atoms with Crippen LogP contribution in [0.5, 0.6) is 23.0 Å². The molecule has 5 nitrogen and oxygen atoms in total. The first kappa shape index (κ1) is 19.9. The van der Waals surface area contributed by atoms with Crippen molar-refractivity contribution in [3.63, 3.8) is 0 Å². The lowest BCUT2D eigenvalue weighted by molar-refractivity contribution is -0.893. The van der Waals surface area contributed by atoms with E-state index in [0.29, 0.717) is 6.61 Å². The summed E-state index contributed by atoms with van der Waals surface area (Å²) in [6.07, 6.45) is 0.973. The highest BCUT2D eigenvalue weighted by atomic mass is 16.5. The van der Waals surface area contributed by atoms with E-state index in [1.54, 1.807) is 21.3 Å². The molecule has 0 amide bonds. The molecule has 5 heteroatoms. The molecule has 0 aliphatic carbocycles. The Labute approximate surface area is 156 Å². The molecule has 1 N–H and O–H groups in total. The van der Waals surface area contributed by atoms with Crippen LogP contribution >= 0.6 is 0 Å². The van der Waals surface area contributed by atoms with Gasteiger partial charge >= 0.3 is 0 Å². The summed E-state index contributed by atoms with van der Waals surface area (Å²) in [7, 11) is 7.18. The minimum atomic E-state index is 0.627. The van der Waals surface area contributed by atoms with Crippen LogP contribution in [0.4, 0.5) is 0 Å². The van der Waals surface area contributed by atoms with Crippen LogP contribution < -0.4 is 23.8 Å². The molecule has 2 aromatic rings. The van der Waals surface area contributed by atoms with Crippen molar-refractivity contribution in [1.29, 1.82) is 0 Å². The fourth-order valence-electron chi connectivity index (χ4n) is 2.93. The molecule has 0 aromatic heterocycles. The van der Waals surface area contributed by atoms with Crippen LogP contribution in [0.25, 0.3) is 0 Å². The van der Waals surface area contributed by atoms with Crippen LogP contribution in [0.15, 0.2) is 36.4 Å². The van der Waals surface area contributed by atoms with Gasteiger partial charge in [-0.05, 0) is 42.8 Å². The Morgan fingerprint density at radius 2 is 1.35 bits per heavy atom. The third kappa shape index (κ3) is 5.30. The summed E-state index contributed by atoms with van der Waals surface area (Å²) in [5.41, 5.74) is 2.48. The standard InChI is InChI=1S/C21H29NO4/c1-6-26-21-14-17(8-10-19(21)24-4)15-22(2)12-11-16-7-9-18(23-3)20(13-16)25-5/h7-10,13-14H,6,11-12,15H2,1-5H3/p+1. The van der Waals surface area contributed by atoms with Gasteiger partial charge in [-0.15, -0.1) is 0 Å². The Kier molecular flexibility index (Phi) is 7.60. The van der Waals surface area contributed by atoms with Crippen molar-refractivity contribution in [2.45, 2.75) is 19.9 Å². The van der Waals surface area contributed by atoms with E-state index in [-0.39, 0.29) is 0 Å². The van der Waals surface area contributed by atoms with E-state index in [4.69, 9.17) is 18.9 Å². The molecule has 0 aliphatic heterocycles. The molecular formula is C21H30NO4+. The van der Waals surface area contributed by atoms with E-state index in [1.165, 1.54) is 16.0 Å². The normalized spacial score (nSPS) is 11.7. The van der Waals surface area contributed by atoms with E-state index < -0.39 is 0 Å². The van der Waals surface area contributed by atoms with Gasteiger partial charge in [-0.3, -0.25) is 0 Å². The van der Waals surface area contributed by atoms with Gasteiger partial charge in [0.1, 0.15) is 6.54 Å². The molecule has 0 spiro atoms. The predicted octanol–water partition coefficient (Wildman–Crippen LogP) is 2.37. The van der Waals surface area contributed by atoms with Crippen LogP contribution in [0.3, 0.4) is 0 Å². The Bertz CT molecular complexity index is 702. The number of quaternary nitrogens is 1. The highest BCUT2D eigenvalue weighted by Crippen LogP contribution is 2.28. The van der Waals surface area contributed by atoms with Crippen LogP contribution in [-0.4, -0.2) is 41.5 Å². The van der Waals surface area contributed by atoms with E-state index >= 15 is 0 Å². The number of nitrogens with one attached hydrogen (secondary N) is 1. The van der Waals surface area contributed by atoms with Crippen molar-refractivity contribution in [3.05, 3.63) is 47.5 Å². The largest absolute Gasteiger partial charge is 0.493 e. The second-order valence-corrected chi connectivity index (χ2v) is 6.24. The molecule has 0 saturated heterocycles. The molecule has 2 aromatic carbocycles. The maximum Gasteiger partial charge on any atom is 0.161 e. The van der Waals surface area contributed by atoms with Crippen LogP contribution in [-0.2, 0) is 13.0 Å². The van der Waals surface area contributed by atoms with Gasteiger partial charge in [-0.1, -0.05) is 6.07 Å². The Morgan fingerprint density at radius 1 is 0.769 bits per heavy atom. The molecule has 0 fully saturated rings. The second-order valence-electron chi connectivity index (χ2n) is 6.24. The average Bonchev–Trinajstić information content (AvgIpc) is 2.66. The van der Waals surface area contributed by atoms with Crippen molar-refractivity contribution in [2.75, 3.05) is 41.5 Å². The van der Waals surface area contributed by atoms with Gasteiger partial charge in [0.25, 0.3) is 0 Å². The molecule has 2 rings (SSSR count). The van der Waals surface area contributed by atoms with Crippen molar-refractivity contribution < 1.29 is 23.8 Å². The number of ether oxygens (including phenoxy) is 4. The van der Waals surface area contributed by atoms with Gasteiger partial charge in [0, 0.05) is 12.0 Å². The summed E-state index contributed by atoms with van der Waals surface area (Å²) in [6.45, 7) is 4.55. The summed E-state index contributed by atoms with van der Waals surface area (Å²) in [5, 5.41) is 0. The SMILES string of the molecule is CCOc1cc(C[NH+](C)CCc2ccc(OC)c(OC)c2)ccc1OC.